The van der Waals surface area contributed by atoms with Gasteiger partial charge in [0.05, 0.1) is 6.10 Å². The van der Waals surface area contributed by atoms with Crippen LogP contribution >= 0.6 is 0 Å². The number of hydrogen-bond acceptors (Lipinski definition) is 6. The van der Waals surface area contributed by atoms with Gasteiger partial charge in [-0.3, -0.25) is 0 Å². The van der Waals surface area contributed by atoms with Crippen molar-refractivity contribution in [1.29, 1.82) is 0 Å². The lowest BCUT2D eigenvalue weighted by molar-refractivity contribution is -0.0373. The highest BCUT2D eigenvalue weighted by molar-refractivity contribution is 5.43. The Bertz CT molecular complexity index is 2130. The van der Waals surface area contributed by atoms with Gasteiger partial charge >= 0.3 is 0 Å². The standard InChI is InChI=1S/C26H28O3.C23H22O3/c1-3-14-27-25-17-21-13-12-19(2)15-24(21)29-26(25)22-10-7-11-23(16-22)28-18-20-8-5-4-6-9-20;1-16-10-11-18-14-21(24)23(26-22(18)12-16)19-8-5-9-20(13-19)25-15-17-6-3-2-4-7-17/h4-13,15-16,25-26H,3,14,17-18H2,1-2H3;2-13,21,23-24H,14-15H2,1H3/t25-,26?;21-,23?/m11/s1. The van der Waals surface area contributed by atoms with Gasteiger partial charge in [-0.15, -0.1) is 0 Å². The molecule has 0 amide bonds. The Morgan fingerprint density at radius 1 is 0.564 bits per heavy atom. The molecule has 0 saturated carbocycles. The number of fused-ring (bicyclic) bond motifs is 2. The van der Waals surface area contributed by atoms with Crippen LogP contribution in [0.1, 0.15) is 70.1 Å². The first-order valence-corrected chi connectivity index (χ1v) is 19.3. The summed E-state index contributed by atoms with van der Waals surface area (Å²) < 4.78 is 30.7. The summed E-state index contributed by atoms with van der Waals surface area (Å²) in [6.07, 6.45) is 1.33. The third-order valence-corrected chi connectivity index (χ3v) is 9.90. The van der Waals surface area contributed by atoms with Crippen LogP contribution < -0.4 is 18.9 Å². The van der Waals surface area contributed by atoms with E-state index >= 15 is 0 Å². The van der Waals surface area contributed by atoms with E-state index in [9.17, 15) is 5.11 Å². The fraction of sp³-hybridized carbons (Fsp3) is 0.265. The first-order chi connectivity index (χ1) is 26.9. The minimum Gasteiger partial charge on any atom is -0.489 e. The van der Waals surface area contributed by atoms with Crippen molar-refractivity contribution in [2.24, 2.45) is 0 Å². The summed E-state index contributed by atoms with van der Waals surface area (Å²) in [6, 6.07) is 48.8. The molecule has 8 rings (SSSR count). The van der Waals surface area contributed by atoms with E-state index in [-0.39, 0.29) is 18.3 Å². The van der Waals surface area contributed by atoms with Crippen molar-refractivity contribution in [3.8, 4) is 23.0 Å². The molecule has 2 heterocycles. The smallest absolute Gasteiger partial charge is 0.150 e. The summed E-state index contributed by atoms with van der Waals surface area (Å²) in [5.74, 6) is 3.44. The number of aliphatic hydroxyl groups is 1. The van der Waals surface area contributed by atoms with Gasteiger partial charge in [-0.1, -0.05) is 116 Å². The largest absolute Gasteiger partial charge is 0.489 e. The van der Waals surface area contributed by atoms with E-state index < -0.39 is 6.10 Å². The van der Waals surface area contributed by atoms with Crippen molar-refractivity contribution >= 4 is 0 Å². The lowest BCUT2D eigenvalue weighted by Gasteiger charge is -2.34. The van der Waals surface area contributed by atoms with Crippen LogP contribution in [-0.2, 0) is 30.8 Å². The quantitative estimate of drug-likeness (QED) is 0.143. The van der Waals surface area contributed by atoms with Crippen LogP contribution in [0.2, 0.25) is 0 Å². The third-order valence-electron chi connectivity index (χ3n) is 9.90. The molecule has 6 aromatic carbocycles. The molecule has 6 aromatic rings. The van der Waals surface area contributed by atoms with Gasteiger partial charge in [0, 0.05) is 19.4 Å². The van der Waals surface area contributed by atoms with Gasteiger partial charge in [-0.2, -0.15) is 0 Å². The molecule has 0 saturated heterocycles. The van der Waals surface area contributed by atoms with E-state index in [0.29, 0.717) is 19.6 Å². The first kappa shape index (κ1) is 37.7. The molecule has 0 radical (unpaired) electrons. The van der Waals surface area contributed by atoms with Gasteiger partial charge in [-0.05, 0) is 101 Å². The molecular weight excluding hydrogens is 685 g/mol. The number of aliphatic hydroxyl groups excluding tert-OH is 1. The van der Waals surface area contributed by atoms with Crippen LogP contribution in [0, 0.1) is 13.8 Å². The number of rotatable bonds is 11. The Labute approximate surface area is 325 Å². The van der Waals surface area contributed by atoms with E-state index in [1.54, 1.807) is 0 Å². The summed E-state index contributed by atoms with van der Waals surface area (Å²) >= 11 is 0. The molecule has 4 atom stereocenters. The van der Waals surface area contributed by atoms with Gasteiger partial charge in [0.2, 0.25) is 0 Å². The predicted octanol–water partition coefficient (Wildman–Crippen LogP) is 10.7. The Morgan fingerprint density at radius 2 is 1.07 bits per heavy atom. The normalized spacial score (nSPS) is 18.3. The van der Waals surface area contributed by atoms with Gasteiger partial charge in [0.1, 0.15) is 48.4 Å². The van der Waals surface area contributed by atoms with E-state index in [2.05, 4.69) is 56.3 Å². The molecular formula is C49H50O6. The highest BCUT2D eigenvalue weighted by Gasteiger charge is 2.33. The van der Waals surface area contributed by atoms with Crippen LogP contribution in [-0.4, -0.2) is 23.9 Å². The minimum atomic E-state index is -0.574. The molecule has 6 heteroatoms. The summed E-state index contributed by atoms with van der Waals surface area (Å²) in [6.45, 7) is 8.07. The Hall–Kier alpha value is -5.56. The van der Waals surface area contributed by atoms with Gasteiger partial charge in [0.15, 0.2) is 6.10 Å². The summed E-state index contributed by atoms with van der Waals surface area (Å²) in [5.41, 5.74) is 8.91. The molecule has 0 fully saturated rings. The molecule has 0 aliphatic carbocycles. The fourth-order valence-electron chi connectivity index (χ4n) is 7.00. The van der Waals surface area contributed by atoms with Crippen molar-refractivity contribution in [2.45, 2.75) is 77.7 Å². The maximum atomic E-state index is 10.6. The second kappa shape index (κ2) is 18.2. The fourth-order valence-corrected chi connectivity index (χ4v) is 7.00. The van der Waals surface area contributed by atoms with Crippen molar-refractivity contribution in [1.82, 2.24) is 0 Å². The second-order valence-corrected chi connectivity index (χ2v) is 14.4. The van der Waals surface area contributed by atoms with Gasteiger partial charge < -0.3 is 28.8 Å². The number of benzene rings is 6. The summed E-state index contributed by atoms with van der Waals surface area (Å²) in [7, 11) is 0. The number of ether oxygens (including phenoxy) is 5. The Balaban J connectivity index is 0.000000170. The van der Waals surface area contributed by atoms with Crippen molar-refractivity contribution in [3.05, 3.63) is 190 Å². The maximum absolute atomic E-state index is 10.6. The van der Waals surface area contributed by atoms with E-state index in [0.717, 1.165) is 75.8 Å². The predicted molar refractivity (Wildman–Crippen MR) is 217 cm³/mol. The molecule has 2 unspecified atom stereocenters. The van der Waals surface area contributed by atoms with Crippen LogP contribution in [0.25, 0.3) is 0 Å². The molecule has 2 aliphatic heterocycles. The molecule has 0 bridgehead atoms. The van der Waals surface area contributed by atoms with Crippen LogP contribution in [0.15, 0.2) is 146 Å². The Morgan fingerprint density at radius 3 is 1.62 bits per heavy atom. The molecule has 0 spiro atoms. The molecule has 0 aromatic heterocycles. The summed E-state index contributed by atoms with van der Waals surface area (Å²) in [5, 5.41) is 10.6. The third kappa shape index (κ3) is 9.96. The zero-order valence-corrected chi connectivity index (χ0v) is 31.9. The highest BCUT2D eigenvalue weighted by Crippen LogP contribution is 2.39. The monoisotopic (exact) mass is 734 g/mol. The van der Waals surface area contributed by atoms with Gasteiger partial charge in [0.25, 0.3) is 0 Å². The number of hydrogen-bond donors (Lipinski definition) is 1. The van der Waals surface area contributed by atoms with E-state index in [4.69, 9.17) is 23.7 Å². The number of aryl methyl sites for hydroxylation is 2. The lowest BCUT2D eigenvalue weighted by Crippen LogP contribution is -2.33. The van der Waals surface area contributed by atoms with Crippen LogP contribution in [0.3, 0.4) is 0 Å². The topological polar surface area (TPSA) is 66.4 Å². The average Bonchev–Trinajstić information content (AvgIpc) is 3.22. The van der Waals surface area contributed by atoms with Gasteiger partial charge in [-0.25, -0.2) is 0 Å². The van der Waals surface area contributed by atoms with Crippen molar-refractivity contribution in [2.75, 3.05) is 6.61 Å². The SMILES string of the molecule is CCCO[C@@H]1Cc2ccc(C)cc2OC1c1cccc(OCc2ccccc2)c1.Cc1ccc2c(c1)OC(c1cccc(OCc3ccccc3)c1)[C@H](O)C2. The molecule has 282 valence electrons. The van der Waals surface area contributed by atoms with E-state index in [1.165, 1.54) is 11.1 Å². The zero-order chi connectivity index (χ0) is 38.0. The van der Waals surface area contributed by atoms with Crippen molar-refractivity contribution in [3.63, 3.8) is 0 Å². The minimum absolute atomic E-state index is 0.00507. The van der Waals surface area contributed by atoms with Crippen molar-refractivity contribution < 1.29 is 28.8 Å². The zero-order valence-electron chi connectivity index (χ0n) is 31.9. The summed E-state index contributed by atoms with van der Waals surface area (Å²) in [4.78, 5) is 0. The highest BCUT2D eigenvalue weighted by atomic mass is 16.5. The van der Waals surface area contributed by atoms with E-state index in [1.807, 2.05) is 110 Å². The maximum Gasteiger partial charge on any atom is 0.150 e. The molecule has 55 heavy (non-hydrogen) atoms. The average molecular weight is 735 g/mol. The Kier molecular flexibility index (Phi) is 12.5. The van der Waals surface area contributed by atoms with Crippen LogP contribution in [0.4, 0.5) is 0 Å². The first-order valence-electron chi connectivity index (χ1n) is 19.3. The molecule has 2 aliphatic rings. The van der Waals surface area contributed by atoms with Crippen LogP contribution in [0.5, 0.6) is 23.0 Å². The molecule has 1 N–H and O–H groups in total. The lowest BCUT2D eigenvalue weighted by atomic mass is 9.93. The molecule has 6 nitrogen and oxygen atoms in total. The second-order valence-electron chi connectivity index (χ2n) is 14.4.